The maximum Gasteiger partial charge on any atom is 0.0697 e. The molecule has 0 aromatic carbocycles. The third kappa shape index (κ3) is 36.5. The van der Waals surface area contributed by atoms with Gasteiger partial charge in [0, 0.05) is 13.2 Å². The maximum absolute atomic E-state index is 8.72. The van der Waals surface area contributed by atoms with Crippen LogP contribution < -0.4 is 0 Å². The molecule has 0 bridgehead atoms. The van der Waals surface area contributed by atoms with Gasteiger partial charge in [0.05, 0.1) is 38.6 Å². The number of hydrogen-bond donors (Lipinski definition) is 2. The van der Waals surface area contributed by atoms with Crippen molar-refractivity contribution in [2.75, 3.05) is 39.6 Å². The molecule has 0 amide bonds. The number of unbranched alkanes of at least 4 members (excludes halogenated alkanes) is 22. The fourth-order valence-corrected chi connectivity index (χ4v) is 6.36. The van der Waals surface area contributed by atoms with Crippen molar-refractivity contribution in [1.29, 1.82) is 0 Å². The van der Waals surface area contributed by atoms with Gasteiger partial charge in [0.2, 0.25) is 0 Å². The van der Waals surface area contributed by atoms with Crippen molar-refractivity contribution in [3.05, 3.63) is 0 Å². The SMILES string of the molecule is CCCCC(CCCCCCCCCCCCCOCCO)OC(CCCC)CCCCCCCCCCCCCOCCO. The maximum atomic E-state index is 8.72. The molecule has 0 heterocycles. The average Bonchev–Trinajstić information content (AvgIpc) is 3.05. The standard InChI is InChI=1S/C40H82O5/c1-3-5-29-39(31-25-21-17-13-9-7-11-15-19-23-27-35-43-37-33-41)45-40(30-6-4-2)32-26-22-18-14-10-8-12-16-20-24-28-36-44-38-34-42/h39-42H,3-38H2,1-2H3. The lowest BCUT2D eigenvalue weighted by atomic mass is 10.0. The van der Waals surface area contributed by atoms with E-state index in [1.165, 1.54) is 180 Å². The fraction of sp³-hybridized carbons (Fsp3) is 1.00. The van der Waals surface area contributed by atoms with Crippen LogP contribution in [0.1, 0.15) is 206 Å². The predicted octanol–water partition coefficient (Wildman–Crippen LogP) is 11.5. The van der Waals surface area contributed by atoms with Crippen molar-refractivity contribution in [3.63, 3.8) is 0 Å². The zero-order valence-electron chi connectivity index (χ0n) is 30.7. The van der Waals surface area contributed by atoms with Gasteiger partial charge in [0.1, 0.15) is 0 Å². The third-order valence-electron chi connectivity index (χ3n) is 9.25. The first kappa shape index (κ1) is 44.8. The van der Waals surface area contributed by atoms with Crippen molar-refractivity contribution < 1.29 is 24.4 Å². The third-order valence-corrected chi connectivity index (χ3v) is 9.25. The number of ether oxygens (including phenoxy) is 3. The minimum Gasteiger partial charge on any atom is -0.394 e. The van der Waals surface area contributed by atoms with Crippen molar-refractivity contribution in [1.82, 2.24) is 0 Å². The van der Waals surface area contributed by atoms with Gasteiger partial charge in [-0.05, 0) is 38.5 Å². The van der Waals surface area contributed by atoms with Gasteiger partial charge in [-0.15, -0.1) is 0 Å². The van der Waals surface area contributed by atoms with Crippen LogP contribution in [0.4, 0.5) is 0 Å². The van der Waals surface area contributed by atoms with E-state index in [0.717, 1.165) is 26.1 Å². The zero-order chi connectivity index (χ0) is 32.7. The molecule has 2 atom stereocenters. The van der Waals surface area contributed by atoms with Crippen molar-refractivity contribution >= 4 is 0 Å². The quantitative estimate of drug-likeness (QED) is 0.0651. The summed E-state index contributed by atoms with van der Waals surface area (Å²) in [6, 6.07) is 0. The van der Waals surface area contributed by atoms with E-state index in [-0.39, 0.29) is 13.2 Å². The zero-order valence-corrected chi connectivity index (χ0v) is 30.7. The van der Waals surface area contributed by atoms with Gasteiger partial charge in [0.25, 0.3) is 0 Å². The minimum absolute atomic E-state index is 0.140. The molecule has 45 heavy (non-hydrogen) atoms. The van der Waals surface area contributed by atoms with Crippen LogP contribution in [-0.4, -0.2) is 62.1 Å². The van der Waals surface area contributed by atoms with Crippen molar-refractivity contribution in [2.24, 2.45) is 0 Å². The molecule has 0 saturated heterocycles. The Kier molecular flexibility index (Phi) is 39.8. The summed E-state index contributed by atoms with van der Waals surface area (Å²) in [4.78, 5) is 0. The highest BCUT2D eigenvalue weighted by molar-refractivity contribution is 4.66. The van der Waals surface area contributed by atoms with Gasteiger partial charge >= 0.3 is 0 Å². The molecule has 0 saturated carbocycles. The van der Waals surface area contributed by atoms with E-state index in [1.807, 2.05) is 0 Å². The van der Waals surface area contributed by atoms with Gasteiger partial charge in [-0.1, -0.05) is 168 Å². The lowest BCUT2D eigenvalue weighted by molar-refractivity contribution is -0.0321. The summed E-state index contributed by atoms with van der Waals surface area (Å²) in [5.41, 5.74) is 0. The van der Waals surface area contributed by atoms with Gasteiger partial charge in [-0.2, -0.15) is 0 Å². The van der Waals surface area contributed by atoms with Crippen LogP contribution >= 0.6 is 0 Å². The van der Waals surface area contributed by atoms with Crippen LogP contribution in [0.15, 0.2) is 0 Å². The molecular weight excluding hydrogens is 560 g/mol. The van der Waals surface area contributed by atoms with E-state index in [9.17, 15) is 0 Å². The van der Waals surface area contributed by atoms with Gasteiger partial charge in [0.15, 0.2) is 0 Å². The normalized spacial score (nSPS) is 13.1. The summed E-state index contributed by atoms with van der Waals surface area (Å²) in [5, 5.41) is 17.4. The fourth-order valence-electron chi connectivity index (χ4n) is 6.36. The van der Waals surface area contributed by atoms with E-state index < -0.39 is 0 Å². The summed E-state index contributed by atoms with van der Waals surface area (Å²) in [7, 11) is 0. The van der Waals surface area contributed by atoms with E-state index >= 15 is 0 Å². The molecule has 2 N–H and O–H groups in total. The van der Waals surface area contributed by atoms with E-state index in [2.05, 4.69) is 13.8 Å². The van der Waals surface area contributed by atoms with Crippen LogP contribution in [0, 0.1) is 0 Å². The Bertz CT molecular complexity index is 473. The first-order valence-corrected chi connectivity index (χ1v) is 20.3. The Labute approximate surface area is 282 Å². The molecule has 0 aliphatic rings. The van der Waals surface area contributed by atoms with E-state index in [1.54, 1.807) is 0 Å². The van der Waals surface area contributed by atoms with Crippen LogP contribution in [-0.2, 0) is 14.2 Å². The lowest BCUT2D eigenvalue weighted by Gasteiger charge is -2.25. The second-order valence-electron chi connectivity index (χ2n) is 13.7. The number of rotatable bonds is 40. The Morgan fingerprint density at radius 1 is 0.333 bits per heavy atom. The highest BCUT2D eigenvalue weighted by Crippen LogP contribution is 2.22. The molecule has 5 nitrogen and oxygen atoms in total. The Balaban J connectivity index is 3.90. The molecule has 0 aliphatic heterocycles. The molecule has 0 aromatic rings. The van der Waals surface area contributed by atoms with E-state index in [4.69, 9.17) is 24.4 Å². The monoisotopic (exact) mass is 643 g/mol. The van der Waals surface area contributed by atoms with E-state index in [0.29, 0.717) is 25.4 Å². The first-order valence-electron chi connectivity index (χ1n) is 20.3. The summed E-state index contributed by atoms with van der Waals surface area (Å²) < 4.78 is 17.5. The Morgan fingerprint density at radius 2 is 0.600 bits per heavy atom. The van der Waals surface area contributed by atoms with Crippen LogP contribution in [0.5, 0.6) is 0 Å². The number of hydrogen-bond acceptors (Lipinski definition) is 5. The average molecular weight is 643 g/mol. The lowest BCUT2D eigenvalue weighted by Crippen LogP contribution is -2.23. The molecule has 0 aliphatic carbocycles. The molecule has 0 rings (SSSR count). The number of aliphatic hydroxyl groups excluding tert-OH is 2. The predicted molar refractivity (Wildman–Crippen MR) is 194 cm³/mol. The number of aliphatic hydroxyl groups is 2. The van der Waals surface area contributed by atoms with Crippen LogP contribution in [0.3, 0.4) is 0 Å². The second-order valence-corrected chi connectivity index (χ2v) is 13.7. The molecule has 2 unspecified atom stereocenters. The van der Waals surface area contributed by atoms with Crippen molar-refractivity contribution in [3.8, 4) is 0 Å². The molecule has 272 valence electrons. The molecule has 0 radical (unpaired) electrons. The summed E-state index contributed by atoms with van der Waals surface area (Å²) in [6.07, 6.45) is 40.7. The molecule has 0 aromatic heterocycles. The summed E-state index contributed by atoms with van der Waals surface area (Å²) in [5.74, 6) is 0. The molecule has 0 fully saturated rings. The highest BCUT2D eigenvalue weighted by atomic mass is 16.5. The van der Waals surface area contributed by atoms with Crippen LogP contribution in [0.25, 0.3) is 0 Å². The Hall–Kier alpha value is -0.200. The second kappa shape index (κ2) is 40.0. The molecule has 0 spiro atoms. The smallest absolute Gasteiger partial charge is 0.0697 e. The van der Waals surface area contributed by atoms with Crippen molar-refractivity contribution in [2.45, 2.75) is 219 Å². The highest BCUT2D eigenvalue weighted by Gasteiger charge is 2.16. The summed E-state index contributed by atoms with van der Waals surface area (Å²) >= 11 is 0. The summed E-state index contributed by atoms with van der Waals surface area (Å²) in [6.45, 7) is 7.49. The topological polar surface area (TPSA) is 68.2 Å². The Morgan fingerprint density at radius 3 is 0.889 bits per heavy atom. The van der Waals surface area contributed by atoms with Crippen LogP contribution in [0.2, 0.25) is 0 Å². The minimum atomic E-state index is 0.140. The van der Waals surface area contributed by atoms with Gasteiger partial charge in [-0.25, -0.2) is 0 Å². The van der Waals surface area contributed by atoms with Gasteiger partial charge < -0.3 is 24.4 Å². The molecule has 5 heteroatoms. The molecular formula is C40H82O5. The largest absolute Gasteiger partial charge is 0.394 e. The van der Waals surface area contributed by atoms with Gasteiger partial charge in [-0.3, -0.25) is 0 Å². The first-order chi connectivity index (χ1) is 22.3.